The van der Waals surface area contributed by atoms with Gasteiger partial charge in [-0.15, -0.1) is 0 Å². The second-order valence-electron chi connectivity index (χ2n) is 6.02. The van der Waals surface area contributed by atoms with Crippen LogP contribution in [0.2, 0.25) is 0 Å². The predicted molar refractivity (Wildman–Crippen MR) is 90.3 cm³/mol. The lowest BCUT2D eigenvalue weighted by Crippen LogP contribution is -2.31. The molecule has 2 aromatic rings. The van der Waals surface area contributed by atoms with Crippen molar-refractivity contribution in [3.05, 3.63) is 65.7 Å². The molecule has 1 heterocycles. The van der Waals surface area contributed by atoms with Crippen molar-refractivity contribution in [2.45, 2.75) is 13.3 Å². The van der Waals surface area contributed by atoms with Crippen LogP contribution in [0, 0.1) is 12.8 Å². The number of hydrogen-bond donors (Lipinski definition) is 1. The predicted octanol–water partition coefficient (Wildman–Crippen LogP) is 3.25. The van der Waals surface area contributed by atoms with Crippen LogP contribution in [0.5, 0.6) is 0 Å². The fourth-order valence-corrected chi connectivity index (χ4v) is 2.99. The molecule has 1 saturated heterocycles. The lowest BCUT2D eigenvalue weighted by Gasteiger charge is -2.19. The summed E-state index contributed by atoms with van der Waals surface area (Å²) in [4.78, 5) is 14.5. The molecule has 3 rings (SSSR count). The number of nitrogens with one attached hydrogen (secondary N) is 1. The summed E-state index contributed by atoms with van der Waals surface area (Å²) in [5.41, 5.74) is 3.31. The fraction of sp³-hybridized carbons (Fsp3) is 0.316. The topological polar surface area (TPSA) is 32.3 Å². The highest BCUT2D eigenvalue weighted by Crippen LogP contribution is 2.24. The Morgan fingerprint density at radius 2 is 2.00 bits per heavy atom. The molecule has 1 N–H and O–H groups in total. The molecule has 0 saturated carbocycles. The van der Waals surface area contributed by atoms with E-state index in [0.717, 1.165) is 31.6 Å². The number of carbonyl (C=O) groups excluding carboxylic acids is 1. The highest BCUT2D eigenvalue weighted by molar-refractivity contribution is 5.94. The van der Waals surface area contributed by atoms with Gasteiger partial charge in [0, 0.05) is 30.9 Å². The lowest BCUT2D eigenvalue weighted by molar-refractivity contribution is 0.0948. The first-order valence-electron chi connectivity index (χ1n) is 7.87. The molecule has 1 aliphatic rings. The van der Waals surface area contributed by atoms with Crippen molar-refractivity contribution in [2.24, 2.45) is 5.92 Å². The van der Waals surface area contributed by atoms with Gasteiger partial charge in [0.15, 0.2) is 0 Å². The number of amides is 1. The smallest absolute Gasteiger partial charge is 0.251 e. The van der Waals surface area contributed by atoms with Gasteiger partial charge in [-0.05, 0) is 49.1 Å². The van der Waals surface area contributed by atoms with Crippen LogP contribution in [0.4, 0.5) is 5.69 Å². The summed E-state index contributed by atoms with van der Waals surface area (Å²) in [6, 6.07) is 18.0. The number of anilines is 1. The minimum atomic E-state index is 0.0228. The van der Waals surface area contributed by atoms with Gasteiger partial charge in [0.05, 0.1) is 0 Å². The number of hydrogen-bond acceptors (Lipinski definition) is 2. The Labute approximate surface area is 132 Å². The number of benzene rings is 2. The van der Waals surface area contributed by atoms with E-state index in [1.54, 1.807) is 0 Å². The molecule has 1 fully saturated rings. The largest absolute Gasteiger partial charge is 0.371 e. The maximum absolute atomic E-state index is 12.1. The Morgan fingerprint density at radius 1 is 1.18 bits per heavy atom. The third-order valence-electron chi connectivity index (χ3n) is 4.24. The van der Waals surface area contributed by atoms with E-state index in [1.165, 1.54) is 11.3 Å². The molecule has 0 bridgehead atoms. The van der Waals surface area contributed by atoms with Crippen LogP contribution >= 0.6 is 0 Å². The molecule has 0 aliphatic carbocycles. The Hall–Kier alpha value is -2.29. The maximum atomic E-state index is 12.1. The standard InChI is InChI=1S/C19H22N2O/c1-15-6-5-9-18(12-15)21-11-10-16(14-21)13-20-19(22)17-7-3-2-4-8-17/h2-9,12,16H,10-11,13-14H2,1H3,(H,20,22). The first kappa shape index (κ1) is 14.6. The van der Waals surface area contributed by atoms with Crippen molar-refractivity contribution in [3.8, 4) is 0 Å². The molecule has 3 heteroatoms. The molecule has 1 unspecified atom stereocenters. The molecule has 0 spiro atoms. The average Bonchev–Trinajstić information content (AvgIpc) is 3.02. The summed E-state index contributed by atoms with van der Waals surface area (Å²) in [6.07, 6.45) is 1.13. The van der Waals surface area contributed by atoms with Crippen LogP contribution in [0.1, 0.15) is 22.3 Å². The van der Waals surface area contributed by atoms with E-state index >= 15 is 0 Å². The van der Waals surface area contributed by atoms with Gasteiger partial charge in [0.25, 0.3) is 5.91 Å². The lowest BCUT2D eigenvalue weighted by atomic mass is 10.1. The zero-order valence-electron chi connectivity index (χ0n) is 13.0. The summed E-state index contributed by atoms with van der Waals surface area (Å²) < 4.78 is 0. The van der Waals surface area contributed by atoms with E-state index in [4.69, 9.17) is 0 Å². The van der Waals surface area contributed by atoms with Crippen molar-refractivity contribution in [1.29, 1.82) is 0 Å². The van der Waals surface area contributed by atoms with E-state index in [0.29, 0.717) is 5.92 Å². The molecule has 1 atom stereocenters. The van der Waals surface area contributed by atoms with Gasteiger partial charge < -0.3 is 10.2 Å². The average molecular weight is 294 g/mol. The summed E-state index contributed by atoms with van der Waals surface area (Å²) >= 11 is 0. The Kier molecular flexibility index (Phi) is 4.42. The number of aryl methyl sites for hydroxylation is 1. The molecule has 3 nitrogen and oxygen atoms in total. The van der Waals surface area contributed by atoms with Gasteiger partial charge >= 0.3 is 0 Å². The third kappa shape index (κ3) is 3.48. The maximum Gasteiger partial charge on any atom is 0.251 e. The van der Waals surface area contributed by atoms with Gasteiger partial charge in [-0.25, -0.2) is 0 Å². The summed E-state index contributed by atoms with van der Waals surface area (Å²) in [7, 11) is 0. The number of carbonyl (C=O) groups is 1. The molecule has 1 aliphatic heterocycles. The van der Waals surface area contributed by atoms with E-state index in [2.05, 4.69) is 41.4 Å². The van der Waals surface area contributed by atoms with Gasteiger partial charge in [0.1, 0.15) is 0 Å². The Balaban J connectivity index is 1.52. The van der Waals surface area contributed by atoms with Crippen molar-refractivity contribution in [1.82, 2.24) is 5.32 Å². The Bertz CT molecular complexity index is 639. The van der Waals surface area contributed by atoms with E-state index < -0.39 is 0 Å². The molecule has 2 aromatic carbocycles. The van der Waals surface area contributed by atoms with Gasteiger partial charge in [-0.2, -0.15) is 0 Å². The van der Waals surface area contributed by atoms with Crippen LogP contribution < -0.4 is 10.2 Å². The van der Waals surface area contributed by atoms with Crippen LogP contribution in [-0.4, -0.2) is 25.5 Å². The summed E-state index contributed by atoms with van der Waals surface area (Å²) in [5, 5.41) is 3.06. The Morgan fingerprint density at radius 3 is 2.77 bits per heavy atom. The van der Waals surface area contributed by atoms with Crippen molar-refractivity contribution in [2.75, 3.05) is 24.5 Å². The van der Waals surface area contributed by atoms with Gasteiger partial charge in [-0.3, -0.25) is 4.79 Å². The van der Waals surface area contributed by atoms with Crippen LogP contribution in [0.25, 0.3) is 0 Å². The minimum Gasteiger partial charge on any atom is -0.371 e. The normalized spacial score (nSPS) is 17.5. The molecule has 114 valence electrons. The quantitative estimate of drug-likeness (QED) is 0.939. The zero-order valence-corrected chi connectivity index (χ0v) is 13.0. The van der Waals surface area contributed by atoms with E-state index in [1.807, 2.05) is 30.3 Å². The molecule has 22 heavy (non-hydrogen) atoms. The molecule has 0 aromatic heterocycles. The SMILES string of the molecule is Cc1cccc(N2CCC(CNC(=O)c3ccccc3)C2)c1. The molecular formula is C19H22N2O. The van der Waals surface area contributed by atoms with E-state index in [9.17, 15) is 4.79 Å². The second kappa shape index (κ2) is 6.65. The highest BCUT2D eigenvalue weighted by atomic mass is 16.1. The van der Waals surface area contributed by atoms with Gasteiger partial charge in [0.2, 0.25) is 0 Å². The van der Waals surface area contributed by atoms with Gasteiger partial charge in [-0.1, -0.05) is 30.3 Å². The zero-order chi connectivity index (χ0) is 15.4. The number of rotatable bonds is 4. The summed E-state index contributed by atoms with van der Waals surface area (Å²) in [6.45, 7) is 4.95. The fourth-order valence-electron chi connectivity index (χ4n) is 2.99. The monoisotopic (exact) mass is 294 g/mol. The first-order chi connectivity index (χ1) is 10.7. The van der Waals surface area contributed by atoms with Crippen molar-refractivity contribution in [3.63, 3.8) is 0 Å². The van der Waals surface area contributed by atoms with Crippen molar-refractivity contribution >= 4 is 11.6 Å². The van der Waals surface area contributed by atoms with Crippen molar-refractivity contribution < 1.29 is 4.79 Å². The molecule has 0 radical (unpaired) electrons. The van der Waals surface area contributed by atoms with Crippen LogP contribution in [0.3, 0.4) is 0 Å². The highest BCUT2D eigenvalue weighted by Gasteiger charge is 2.23. The molecule has 1 amide bonds. The second-order valence-corrected chi connectivity index (χ2v) is 6.02. The minimum absolute atomic E-state index is 0.0228. The first-order valence-corrected chi connectivity index (χ1v) is 7.87. The van der Waals surface area contributed by atoms with E-state index in [-0.39, 0.29) is 5.91 Å². The van der Waals surface area contributed by atoms with Crippen LogP contribution in [0.15, 0.2) is 54.6 Å². The number of nitrogens with zero attached hydrogens (tertiary/aromatic N) is 1. The summed E-state index contributed by atoms with van der Waals surface area (Å²) in [5.74, 6) is 0.544. The third-order valence-corrected chi connectivity index (χ3v) is 4.24. The molecular weight excluding hydrogens is 272 g/mol. The van der Waals surface area contributed by atoms with Crippen LogP contribution in [-0.2, 0) is 0 Å².